The summed E-state index contributed by atoms with van der Waals surface area (Å²) in [6.45, 7) is 4.66. The average molecular weight is 309 g/mol. The SMILES string of the molecule is CCCCC/C=C(/C=C/C(=O)OCCCC)CC(=O)N(C)C. The van der Waals surface area contributed by atoms with Crippen molar-refractivity contribution in [1.82, 2.24) is 4.90 Å². The van der Waals surface area contributed by atoms with E-state index >= 15 is 0 Å². The van der Waals surface area contributed by atoms with E-state index in [4.69, 9.17) is 4.74 Å². The smallest absolute Gasteiger partial charge is 0.330 e. The first kappa shape index (κ1) is 20.4. The number of allylic oxidation sites excluding steroid dienone is 2. The predicted molar refractivity (Wildman–Crippen MR) is 90.5 cm³/mol. The highest BCUT2D eigenvalue weighted by atomic mass is 16.5. The van der Waals surface area contributed by atoms with Crippen molar-refractivity contribution in [2.45, 2.75) is 58.8 Å². The first-order valence-corrected chi connectivity index (χ1v) is 8.25. The van der Waals surface area contributed by atoms with Gasteiger partial charge in [-0.15, -0.1) is 0 Å². The summed E-state index contributed by atoms with van der Waals surface area (Å²) in [6, 6.07) is 0. The molecule has 0 heterocycles. The van der Waals surface area contributed by atoms with Gasteiger partial charge in [-0.25, -0.2) is 4.79 Å². The second-order valence-electron chi connectivity index (χ2n) is 5.59. The molecule has 0 aromatic carbocycles. The molecule has 4 nitrogen and oxygen atoms in total. The molecule has 0 aromatic rings. The number of ether oxygens (including phenoxy) is 1. The van der Waals surface area contributed by atoms with Crippen LogP contribution in [0, 0.1) is 0 Å². The Labute approximate surface area is 135 Å². The Morgan fingerprint density at radius 1 is 1.00 bits per heavy atom. The van der Waals surface area contributed by atoms with E-state index in [9.17, 15) is 9.59 Å². The molecular weight excluding hydrogens is 278 g/mol. The zero-order valence-corrected chi connectivity index (χ0v) is 14.6. The van der Waals surface area contributed by atoms with Crippen molar-refractivity contribution < 1.29 is 14.3 Å². The Hall–Kier alpha value is -1.58. The molecule has 0 N–H and O–H groups in total. The molecule has 0 bridgehead atoms. The molecule has 0 aliphatic rings. The van der Waals surface area contributed by atoms with E-state index < -0.39 is 0 Å². The lowest BCUT2D eigenvalue weighted by Crippen LogP contribution is -2.21. The largest absolute Gasteiger partial charge is 0.463 e. The fourth-order valence-electron chi connectivity index (χ4n) is 1.75. The molecule has 0 saturated carbocycles. The van der Waals surface area contributed by atoms with E-state index in [-0.39, 0.29) is 11.9 Å². The maximum absolute atomic E-state index is 11.8. The third-order valence-electron chi connectivity index (χ3n) is 3.24. The van der Waals surface area contributed by atoms with Gasteiger partial charge in [0, 0.05) is 20.2 Å². The lowest BCUT2D eigenvalue weighted by atomic mass is 10.1. The van der Waals surface area contributed by atoms with Gasteiger partial charge in [-0.2, -0.15) is 0 Å². The molecule has 4 heteroatoms. The van der Waals surface area contributed by atoms with Crippen LogP contribution in [0.25, 0.3) is 0 Å². The second-order valence-corrected chi connectivity index (χ2v) is 5.59. The summed E-state index contributed by atoms with van der Waals surface area (Å²) in [5, 5.41) is 0. The van der Waals surface area contributed by atoms with Crippen LogP contribution in [-0.2, 0) is 14.3 Å². The average Bonchev–Trinajstić information content (AvgIpc) is 2.48. The minimum atomic E-state index is -0.342. The maximum Gasteiger partial charge on any atom is 0.330 e. The van der Waals surface area contributed by atoms with E-state index in [0.29, 0.717) is 13.0 Å². The summed E-state index contributed by atoms with van der Waals surface area (Å²) in [5.41, 5.74) is 0.877. The quantitative estimate of drug-likeness (QED) is 0.252. The normalized spacial score (nSPS) is 11.7. The third kappa shape index (κ3) is 11.1. The third-order valence-corrected chi connectivity index (χ3v) is 3.24. The Bertz CT molecular complexity index is 384. The van der Waals surface area contributed by atoms with Gasteiger partial charge < -0.3 is 9.64 Å². The van der Waals surface area contributed by atoms with Gasteiger partial charge in [-0.3, -0.25) is 4.79 Å². The van der Waals surface area contributed by atoms with Gasteiger partial charge in [0.15, 0.2) is 0 Å². The summed E-state index contributed by atoms with van der Waals surface area (Å²) in [4.78, 5) is 25.0. The van der Waals surface area contributed by atoms with Crippen LogP contribution in [0.5, 0.6) is 0 Å². The minimum Gasteiger partial charge on any atom is -0.463 e. The van der Waals surface area contributed by atoms with Crippen LogP contribution < -0.4 is 0 Å². The second kappa shape index (κ2) is 13.1. The minimum absolute atomic E-state index is 0.0331. The van der Waals surface area contributed by atoms with Crippen LogP contribution in [0.2, 0.25) is 0 Å². The molecule has 22 heavy (non-hydrogen) atoms. The van der Waals surface area contributed by atoms with Crippen molar-refractivity contribution in [2.75, 3.05) is 20.7 Å². The molecule has 0 rings (SSSR count). The van der Waals surface area contributed by atoms with E-state index in [1.165, 1.54) is 18.9 Å². The van der Waals surface area contributed by atoms with Gasteiger partial charge in [0.1, 0.15) is 0 Å². The van der Waals surface area contributed by atoms with Crippen LogP contribution in [0.15, 0.2) is 23.8 Å². The monoisotopic (exact) mass is 309 g/mol. The zero-order valence-electron chi connectivity index (χ0n) is 14.6. The Balaban J connectivity index is 4.55. The Kier molecular flexibility index (Phi) is 12.2. The van der Waals surface area contributed by atoms with Gasteiger partial charge in [0.05, 0.1) is 13.0 Å². The van der Waals surface area contributed by atoms with Gasteiger partial charge in [-0.1, -0.05) is 45.3 Å². The summed E-state index contributed by atoms with van der Waals surface area (Å²) in [6.07, 6.45) is 11.7. The fraction of sp³-hybridized carbons (Fsp3) is 0.667. The maximum atomic E-state index is 11.8. The van der Waals surface area contributed by atoms with Crippen LogP contribution in [-0.4, -0.2) is 37.5 Å². The predicted octanol–water partition coefficient (Wildman–Crippen LogP) is 3.87. The van der Waals surface area contributed by atoms with E-state index in [0.717, 1.165) is 31.3 Å². The molecule has 0 fully saturated rings. The van der Waals surface area contributed by atoms with E-state index in [1.54, 1.807) is 25.1 Å². The number of esters is 1. The fourth-order valence-corrected chi connectivity index (χ4v) is 1.75. The summed E-state index contributed by atoms with van der Waals surface area (Å²) < 4.78 is 5.08. The van der Waals surface area contributed by atoms with Crippen molar-refractivity contribution in [3.05, 3.63) is 23.8 Å². The molecule has 1 amide bonds. The van der Waals surface area contributed by atoms with Crippen molar-refractivity contribution in [3.63, 3.8) is 0 Å². The molecule has 0 aliphatic carbocycles. The standard InChI is InChI=1S/C18H31NO3/c1-5-7-9-10-11-16(15-17(20)19(3)4)12-13-18(21)22-14-8-6-2/h11-13H,5-10,14-15H2,1-4H3/b13-12+,16-11-. The number of carbonyl (C=O) groups is 2. The molecule has 0 aromatic heterocycles. The molecular formula is C18H31NO3. The van der Waals surface area contributed by atoms with Crippen LogP contribution >= 0.6 is 0 Å². The molecule has 0 aliphatic heterocycles. The van der Waals surface area contributed by atoms with Crippen molar-refractivity contribution >= 4 is 11.9 Å². The number of carbonyl (C=O) groups excluding carboxylic acids is 2. The van der Waals surface area contributed by atoms with Crippen molar-refractivity contribution in [1.29, 1.82) is 0 Å². The van der Waals surface area contributed by atoms with Crippen LogP contribution in [0.4, 0.5) is 0 Å². The first-order valence-electron chi connectivity index (χ1n) is 8.25. The number of amides is 1. The van der Waals surface area contributed by atoms with Gasteiger partial charge >= 0.3 is 5.97 Å². The summed E-state index contributed by atoms with van der Waals surface area (Å²) in [5.74, 6) is -0.309. The van der Waals surface area contributed by atoms with E-state index in [2.05, 4.69) is 6.92 Å². The topological polar surface area (TPSA) is 46.6 Å². The Morgan fingerprint density at radius 3 is 2.27 bits per heavy atom. The molecule has 0 radical (unpaired) electrons. The molecule has 0 atom stereocenters. The number of unbranched alkanes of at least 4 members (excludes halogenated alkanes) is 4. The first-order chi connectivity index (χ1) is 10.5. The van der Waals surface area contributed by atoms with E-state index in [1.807, 2.05) is 13.0 Å². The van der Waals surface area contributed by atoms with Gasteiger partial charge in [0.25, 0.3) is 0 Å². The highest BCUT2D eigenvalue weighted by Gasteiger charge is 2.06. The lowest BCUT2D eigenvalue weighted by molar-refractivity contribution is -0.137. The van der Waals surface area contributed by atoms with Gasteiger partial charge in [-0.05, 0) is 24.8 Å². The van der Waals surface area contributed by atoms with Gasteiger partial charge in [0.2, 0.25) is 5.91 Å². The highest BCUT2D eigenvalue weighted by molar-refractivity contribution is 5.84. The molecule has 126 valence electrons. The number of hydrogen-bond donors (Lipinski definition) is 0. The molecule has 0 spiro atoms. The summed E-state index contributed by atoms with van der Waals surface area (Å²) >= 11 is 0. The van der Waals surface area contributed by atoms with Crippen molar-refractivity contribution in [2.24, 2.45) is 0 Å². The number of hydrogen-bond acceptors (Lipinski definition) is 3. The summed E-state index contributed by atoms with van der Waals surface area (Å²) in [7, 11) is 3.47. The number of nitrogens with zero attached hydrogens (tertiary/aromatic N) is 1. The Morgan fingerprint density at radius 2 is 1.68 bits per heavy atom. The lowest BCUT2D eigenvalue weighted by Gasteiger charge is -2.10. The number of rotatable bonds is 11. The van der Waals surface area contributed by atoms with Crippen molar-refractivity contribution in [3.8, 4) is 0 Å². The highest BCUT2D eigenvalue weighted by Crippen LogP contribution is 2.10. The molecule has 0 unspecified atom stereocenters. The van der Waals surface area contributed by atoms with Crippen LogP contribution in [0.1, 0.15) is 58.8 Å². The van der Waals surface area contributed by atoms with Crippen LogP contribution in [0.3, 0.4) is 0 Å². The molecule has 0 saturated heterocycles. The zero-order chi connectivity index (χ0) is 16.8.